The van der Waals surface area contributed by atoms with Crippen molar-refractivity contribution in [2.75, 3.05) is 13.7 Å². The summed E-state index contributed by atoms with van der Waals surface area (Å²) in [6, 6.07) is 23.5. The number of carbonyl (C=O) groups is 1. The second kappa shape index (κ2) is 8.19. The van der Waals surface area contributed by atoms with Gasteiger partial charge in [-0.3, -0.25) is 0 Å². The van der Waals surface area contributed by atoms with Gasteiger partial charge in [0, 0.05) is 22.8 Å². The van der Waals surface area contributed by atoms with Gasteiger partial charge in [-0.25, -0.2) is 4.79 Å². The molecule has 1 heterocycles. The molecule has 0 bridgehead atoms. The molecule has 5 heteroatoms. The highest BCUT2D eigenvalue weighted by Crippen LogP contribution is 2.48. The molecule has 4 rings (SSSR count). The van der Waals surface area contributed by atoms with Crippen molar-refractivity contribution in [1.29, 1.82) is 0 Å². The highest BCUT2D eigenvalue weighted by atomic mass is 16.5. The lowest BCUT2D eigenvalue weighted by Crippen LogP contribution is -2.34. The van der Waals surface area contributed by atoms with Crippen molar-refractivity contribution in [3.05, 3.63) is 89.5 Å². The van der Waals surface area contributed by atoms with E-state index >= 15 is 0 Å². The van der Waals surface area contributed by atoms with E-state index in [1.54, 1.807) is 19.2 Å². The van der Waals surface area contributed by atoms with Gasteiger partial charge in [-0.2, -0.15) is 0 Å². The maximum Gasteiger partial charge on any atom is 0.341 e. The number of rotatable bonds is 6. The summed E-state index contributed by atoms with van der Waals surface area (Å²) in [5.41, 5.74) is 4.58. The van der Waals surface area contributed by atoms with Crippen molar-refractivity contribution >= 4 is 17.1 Å². The lowest BCUT2D eigenvalue weighted by Gasteiger charge is -2.38. The maximum atomic E-state index is 10.8. The summed E-state index contributed by atoms with van der Waals surface area (Å²) in [5.74, 6) is 0.987. The van der Waals surface area contributed by atoms with E-state index in [1.165, 1.54) is 0 Å². The summed E-state index contributed by atoms with van der Waals surface area (Å²) in [6.45, 7) is 3.74. The molecule has 3 aromatic rings. The molecule has 0 fully saturated rings. The number of aliphatic carboxylic acids is 1. The standard InChI is InChI=1S/C26H24O5/c1-26(2)25(18-7-5-4-6-8-18)24(21-14-13-20(29-3)15-22(21)31-26)17-9-11-19(12-10-17)30-16-23(27)28/h4-15H,16H2,1-3H3,(H,27,28). The smallest absolute Gasteiger partial charge is 0.341 e. The maximum absolute atomic E-state index is 10.8. The van der Waals surface area contributed by atoms with Crippen molar-refractivity contribution in [2.24, 2.45) is 0 Å². The van der Waals surface area contributed by atoms with Crippen LogP contribution < -0.4 is 14.2 Å². The van der Waals surface area contributed by atoms with Crippen molar-refractivity contribution in [3.8, 4) is 17.2 Å². The Bertz CT molecular complexity index is 1130. The van der Waals surface area contributed by atoms with Gasteiger partial charge in [0.15, 0.2) is 6.61 Å². The van der Waals surface area contributed by atoms with Gasteiger partial charge >= 0.3 is 5.97 Å². The zero-order valence-corrected chi connectivity index (χ0v) is 17.7. The first-order valence-electron chi connectivity index (χ1n) is 10.0. The fraction of sp³-hybridized carbons (Fsp3) is 0.192. The number of carboxylic acid groups (broad SMARTS) is 1. The molecule has 158 valence electrons. The zero-order chi connectivity index (χ0) is 22.0. The van der Waals surface area contributed by atoms with Gasteiger partial charge < -0.3 is 19.3 Å². The Kier molecular flexibility index (Phi) is 5.42. The Morgan fingerprint density at radius 2 is 1.61 bits per heavy atom. The Labute approximate surface area is 181 Å². The molecule has 0 aliphatic carbocycles. The summed E-state index contributed by atoms with van der Waals surface area (Å²) in [6.07, 6.45) is 0. The summed E-state index contributed by atoms with van der Waals surface area (Å²) < 4.78 is 17.1. The van der Waals surface area contributed by atoms with E-state index in [-0.39, 0.29) is 6.61 Å². The first-order chi connectivity index (χ1) is 14.9. The summed E-state index contributed by atoms with van der Waals surface area (Å²) in [4.78, 5) is 10.8. The predicted octanol–water partition coefficient (Wildman–Crippen LogP) is 5.29. The average molecular weight is 416 g/mol. The van der Waals surface area contributed by atoms with Gasteiger partial charge in [0.1, 0.15) is 22.8 Å². The van der Waals surface area contributed by atoms with E-state index in [4.69, 9.17) is 19.3 Å². The fourth-order valence-corrected chi connectivity index (χ4v) is 3.94. The number of benzene rings is 3. The average Bonchev–Trinajstić information content (AvgIpc) is 2.76. The molecule has 31 heavy (non-hydrogen) atoms. The lowest BCUT2D eigenvalue weighted by atomic mass is 9.79. The third-order valence-corrected chi connectivity index (χ3v) is 5.24. The summed E-state index contributed by atoms with van der Waals surface area (Å²) in [7, 11) is 1.64. The van der Waals surface area contributed by atoms with Crippen LogP contribution in [0.5, 0.6) is 17.2 Å². The summed E-state index contributed by atoms with van der Waals surface area (Å²) >= 11 is 0. The Morgan fingerprint density at radius 1 is 0.935 bits per heavy atom. The molecule has 0 unspecified atom stereocenters. The van der Waals surface area contributed by atoms with E-state index in [0.717, 1.165) is 39.3 Å². The molecule has 0 saturated heterocycles. The zero-order valence-electron chi connectivity index (χ0n) is 17.7. The molecule has 0 spiro atoms. The van der Waals surface area contributed by atoms with Crippen LogP contribution >= 0.6 is 0 Å². The molecule has 5 nitrogen and oxygen atoms in total. The van der Waals surface area contributed by atoms with Crippen LogP contribution in [0.1, 0.15) is 30.5 Å². The Balaban J connectivity index is 1.91. The monoisotopic (exact) mass is 416 g/mol. The molecule has 1 aliphatic heterocycles. The van der Waals surface area contributed by atoms with Gasteiger partial charge in [-0.05, 0) is 49.2 Å². The van der Waals surface area contributed by atoms with Gasteiger partial charge in [0.2, 0.25) is 0 Å². The number of fused-ring (bicyclic) bond motifs is 1. The largest absolute Gasteiger partial charge is 0.497 e. The fourth-order valence-electron chi connectivity index (χ4n) is 3.94. The molecule has 0 radical (unpaired) electrons. The quantitative estimate of drug-likeness (QED) is 0.592. The van der Waals surface area contributed by atoms with E-state index in [2.05, 4.69) is 26.0 Å². The summed E-state index contributed by atoms with van der Waals surface area (Å²) in [5, 5.41) is 8.85. The molecule has 1 aliphatic rings. The molecule has 1 N–H and O–H groups in total. The van der Waals surface area contributed by atoms with Crippen molar-refractivity contribution < 1.29 is 24.1 Å². The predicted molar refractivity (Wildman–Crippen MR) is 120 cm³/mol. The normalized spacial score (nSPS) is 14.4. The van der Waals surface area contributed by atoms with Crippen LogP contribution in [-0.4, -0.2) is 30.4 Å². The Hall–Kier alpha value is -3.73. The van der Waals surface area contributed by atoms with Crippen LogP contribution in [0.4, 0.5) is 0 Å². The number of carboxylic acids is 1. The van der Waals surface area contributed by atoms with E-state index in [9.17, 15) is 4.79 Å². The number of ether oxygens (including phenoxy) is 3. The van der Waals surface area contributed by atoms with Crippen LogP contribution in [0.2, 0.25) is 0 Å². The minimum Gasteiger partial charge on any atom is -0.497 e. The third kappa shape index (κ3) is 4.12. The second-order valence-electron chi connectivity index (χ2n) is 7.80. The molecule has 0 amide bonds. The van der Waals surface area contributed by atoms with Crippen LogP contribution in [0, 0.1) is 0 Å². The number of hydrogen-bond acceptors (Lipinski definition) is 4. The van der Waals surface area contributed by atoms with E-state index in [1.807, 2.05) is 48.5 Å². The lowest BCUT2D eigenvalue weighted by molar-refractivity contribution is -0.139. The minimum atomic E-state index is -1.01. The molecule has 0 atom stereocenters. The van der Waals surface area contributed by atoms with Crippen molar-refractivity contribution in [3.63, 3.8) is 0 Å². The molecular weight excluding hydrogens is 392 g/mol. The number of hydrogen-bond donors (Lipinski definition) is 1. The van der Waals surface area contributed by atoms with Gasteiger partial charge in [0.25, 0.3) is 0 Å². The number of methoxy groups -OCH3 is 1. The topological polar surface area (TPSA) is 65.0 Å². The first kappa shape index (κ1) is 20.5. The Morgan fingerprint density at radius 3 is 2.26 bits per heavy atom. The molecule has 3 aromatic carbocycles. The molecule has 0 saturated carbocycles. The van der Waals surface area contributed by atoms with Crippen LogP contribution in [0.25, 0.3) is 11.1 Å². The van der Waals surface area contributed by atoms with Crippen LogP contribution in [0.3, 0.4) is 0 Å². The van der Waals surface area contributed by atoms with Crippen LogP contribution in [-0.2, 0) is 4.79 Å². The van der Waals surface area contributed by atoms with Gasteiger partial charge in [0.05, 0.1) is 7.11 Å². The third-order valence-electron chi connectivity index (χ3n) is 5.24. The van der Waals surface area contributed by atoms with Gasteiger partial charge in [-0.1, -0.05) is 42.5 Å². The molecule has 0 aromatic heterocycles. The highest BCUT2D eigenvalue weighted by molar-refractivity contribution is 6.04. The van der Waals surface area contributed by atoms with Crippen molar-refractivity contribution in [2.45, 2.75) is 19.4 Å². The van der Waals surface area contributed by atoms with E-state index in [0.29, 0.717) is 5.75 Å². The van der Waals surface area contributed by atoms with Crippen molar-refractivity contribution in [1.82, 2.24) is 0 Å². The van der Waals surface area contributed by atoms with Crippen LogP contribution in [0.15, 0.2) is 72.8 Å². The second-order valence-corrected chi connectivity index (χ2v) is 7.80. The highest BCUT2D eigenvalue weighted by Gasteiger charge is 2.36. The molecular formula is C26H24O5. The SMILES string of the molecule is COc1ccc2c(c1)OC(C)(C)C(c1ccccc1)=C2c1ccc(OCC(=O)O)cc1. The first-order valence-corrected chi connectivity index (χ1v) is 10.0. The van der Waals surface area contributed by atoms with E-state index < -0.39 is 11.6 Å². The minimum absolute atomic E-state index is 0.374. The van der Waals surface area contributed by atoms with Gasteiger partial charge in [-0.15, -0.1) is 0 Å².